The van der Waals surface area contributed by atoms with Crippen molar-refractivity contribution in [2.75, 3.05) is 45.2 Å². The molecule has 3 aliphatic rings. The largest absolute Gasteiger partial charge is 0.481 e. The number of carboxylic acid groups (broad SMARTS) is 1. The van der Waals surface area contributed by atoms with Gasteiger partial charge in [0.25, 0.3) is 0 Å². The van der Waals surface area contributed by atoms with Gasteiger partial charge in [-0.3, -0.25) is 71.9 Å². The molecule has 606 valence electrons. The van der Waals surface area contributed by atoms with E-state index in [0.717, 1.165) is 32.7 Å². The lowest BCUT2D eigenvalue weighted by Gasteiger charge is -2.33. The first kappa shape index (κ1) is 88.4. The number of nitrogens with zero attached hydrogens (tertiary/aromatic N) is 4. The molecule has 3 fully saturated rings. The van der Waals surface area contributed by atoms with Crippen LogP contribution in [0, 0.1) is 5.92 Å². The molecule has 0 radical (unpaired) electrons. The van der Waals surface area contributed by atoms with Crippen LogP contribution in [0.3, 0.4) is 0 Å². The number of carboxylic acids is 1. The van der Waals surface area contributed by atoms with E-state index < -0.39 is 198 Å². The molecule has 15 atom stereocenters. The summed E-state index contributed by atoms with van der Waals surface area (Å²) in [7, 11) is 2.53. The van der Waals surface area contributed by atoms with Gasteiger partial charge in [0.2, 0.25) is 82.7 Å². The maximum absolute atomic E-state index is 15.0. The van der Waals surface area contributed by atoms with Gasteiger partial charge >= 0.3 is 5.97 Å². The molecule has 7 rings (SSSR count). The number of thioether (sulfide) groups is 1. The van der Waals surface area contributed by atoms with Gasteiger partial charge < -0.3 is 88.1 Å². The monoisotopic (exact) mass is 1570 g/mol. The van der Waals surface area contributed by atoms with Gasteiger partial charge in [-0.05, 0) is 107 Å². The second-order valence-corrected chi connectivity index (χ2v) is 29.9. The van der Waals surface area contributed by atoms with Crippen LogP contribution in [-0.4, -0.2) is 260 Å². The predicted molar refractivity (Wildman–Crippen MR) is 414 cm³/mol. The van der Waals surface area contributed by atoms with Crippen LogP contribution < -0.4 is 53.2 Å². The molecule has 0 aromatic heterocycles. The first-order valence-corrected chi connectivity index (χ1v) is 38.9. The third kappa shape index (κ3) is 24.6. The minimum atomic E-state index is -1.88. The number of aliphatic hydroxyl groups excluding tert-OH is 2. The number of aliphatic carboxylic acids is 1. The fourth-order valence-electron chi connectivity index (χ4n) is 13.3. The Kier molecular flexibility index (Phi) is 33.2. The quantitative estimate of drug-likeness (QED) is 0.0720. The number of hydrogen-bond donors (Lipinski definition) is 13. The smallest absolute Gasteiger partial charge is 0.303 e. The standard InChI is InChI=1S/C79H106N14O18S/c1-11-80-69(101)59-42-112-43-62(96)82-56(39-50-23-15-12-16-24-50)71(103)87-64(44(2)3)79(111)93-38-22-30-61(93)73(105)88-66(49(8)95)75(107)89-65(48(7)94)74(106)85-58(40-51-25-17-13-18-26-51)78(110)91(10)47(6)68(100)84-57(41-52-31-33-54(34-32-52)53-27-19-14-20-28-53)77(109)90(9)46(5)67(99)83-55(35-36-63(97)98)70(102)81-45(4)76(108)92-37-21-29-60(92)72(104)86-59/h12-20,23-28,31-34,44-49,55-61,64-66,94-95H,11,21-22,29-30,35-43H2,1-10H3,(H,80,101)(H,81,102)(H,82,96)(H,83,99)(H,84,100)(H,85,106)(H,86,104)(H,87,103)(H,88,105)(H,89,107)(H,97,98)/t45-,46-,47-,48+,49+,55-,56-,57-,58-,59-,60-,61-,64?,65-,66-/m0/s1. The lowest BCUT2D eigenvalue weighted by atomic mass is 9.99. The Morgan fingerprint density at radius 3 is 1.38 bits per heavy atom. The molecule has 3 aliphatic heterocycles. The van der Waals surface area contributed by atoms with E-state index in [1.54, 1.807) is 106 Å². The Balaban J connectivity index is 1.22. The zero-order chi connectivity index (χ0) is 82.2. The second-order valence-electron chi connectivity index (χ2n) is 28.9. The van der Waals surface area contributed by atoms with Crippen LogP contribution in [0.4, 0.5) is 0 Å². The Hall–Kier alpha value is -10.8. The molecule has 4 aromatic carbocycles. The van der Waals surface area contributed by atoms with E-state index in [0.29, 0.717) is 23.1 Å². The summed E-state index contributed by atoms with van der Waals surface area (Å²) in [6, 6.07) is 14.5. The highest BCUT2D eigenvalue weighted by molar-refractivity contribution is 8.00. The topological polar surface area (TPSA) is 450 Å². The number of hydrogen-bond acceptors (Lipinski definition) is 18. The van der Waals surface area contributed by atoms with Crippen LogP contribution in [0.1, 0.15) is 111 Å². The molecule has 1 unspecified atom stereocenters. The Morgan fingerprint density at radius 2 is 0.893 bits per heavy atom. The van der Waals surface area contributed by atoms with E-state index in [1.807, 2.05) is 30.3 Å². The van der Waals surface area contributed by atoms with Gasteiger partial charge in [0, 0.05) is 65.2 Å². The fourth-order valence-corrected chi connectivity index (χ4v) is 14.2. The zero-order valence-corrected chi connectivity index (χ0v) is 65.6. The van der Waals surface area contributed by atoms with Crippen LogP contribution in [-0.2, 0) is 91.2 Å². The van der Waals surface area contributed by atoms with Gasteiger partial charge in [-0.1, -0.05) is 129 Å². The van der Waals surface area contributed by atoms with Gasteiger partial charge in [-0.15, -0.1) is 11.8 Å². The lowest BCUT2D eigenvalue weighted by Crippen LogP contribution is -2.63. The van der Waals surface area contributed by atoms with E-state index in [2.05, 4.69) is 53.2 Å². The number of aliphatic hydroxyl groups is 2. The number of fused-ring (bicyclic) bond motifs is 2. The summed E-state index contributed by atoms with van der Waals surface area (Å²) in [5, 5.41) is 58.4. The third-order valence-electron chi connectivity index (χ3n) is 20.1. The molecular weight excluding hydrogens is 1470 g/mol. The molecule has 0 saturated carbocycles. The molecule has 4 aromatic rings. The molecule has 13 N–H and O–H groups in total. The molecule has 0 aliphatic carbocycles. The molecule has 3 saturated heterocycles. The number of carbonyl (C=O) groups is 15. The van der Waals surface area contributed by atoms with Gasteiger partial charge in [-0.25, -0.2) is 0 Å². The summed E-state index contributed by atoms with van der Waals surface area (Å²) < 4.78 is 0. The van der Waals surface area contributed by atoms with Crippen molar-refractivity contribution in [3.63, 3.8) is 0 Å². The van der Waals surface area contributed by atoms with E-state index in [9.17, 15) is 82.4 Å². The molecule has 14 amide bonds. The van der Waals surface area contributed by atoms with Crippen molar-refractivity contribution in [3.8, 4) is 11.1 Å². The summed E-state index contributed by atoms with van der Waals surface area (Å²) in [6.07, 6.45) is -4.20. The first-order chi connectivity index (χ1) is 53.2. The Labute approximate surface area is 655 Å². The van der Waals surface area contributed by atoms with Crippen molar-refractivity contribution in [2.24, 2.45) is 5.92 Å². The SMILES string of the molecule is CCNC(=O)[C@@H]1CSCC(=O)N[C@@H](Cc2ccccc2)C(=O)NC(C(C)C)C(=O)N2CCC[C@H]2C(=O)N[C@@H]([C@@H](C)O)C(=O)N[C@@H]([C@@H](C)O)C(=O)N[C@@H](Cc2ccccc2)C(=O)N(C)[C@@H](C)C(=O)N[C@@H](Cc2ccc(-c3ccccc3)cc2)C(=O)N(C)[C@@H](C)C(=O)N[C@@H](CCC(=O)O)C(=O)N[C@@H](C)C(=O)N2CCC[C@H]2C(=O)N1. The van der Waals surface area contributed by atoms with E-state index >= 15 is 4.79 Å². The van der Waals surface area contributed by atoms with Crippen LogP contribution in [0.2, 0.25) is 0 Å². The minimum Gasteiger partial charge on any atom is -0.481 e. The van der Waals surface area contributed by atoms with Crippen molar-refractivity contribution < 1.29 is 87.2 Å². The maximum atomic E-state index is 15.0. The highest BCUT2D eigenvalue weighted by atomic mass is 32.2. The Morgan fingerprint density at radius 1 is 0.473 bits per heavy atom. The van der Waals surface area contributed by atoms with Crippen molar-refractivity contribution in [3.05, 3.63) is 132 Å². The van der Waals surface area contributed by atoms with Crippen LogP contribution in [0.25, 0.3) is 11.1 Å². The summed E-state index contributed by atoms with van der Waals surface area (Å²) in [6.45, 7) is 11.5. The molecule has 33 heteroatoms. The second kappa shape index (κ2) is 42.0. The molecule has 3 heterocycles. The number of carbonyl (C=O) groups excluding carboxylic acids is 14. The molecule has 32 nitrogen and oxygen atoms in total. The Bertz CT molecular complexity index is 3990. The molecule has 112 heavy (non-hydrogen) atoms. The van der Waals surface area contributed by atoms with Gasteiger partial charge in [0.1, 0.15) is 78.5 Å². The minimum absolute atomic E-state index is 0.0186. The highest BCUT2D eigenvalue weighted by Crippen LogP contribution is 2.25. The van der Waals surface area contributed by atoms with E-state index in [4.69, 9.17) is 0 Å². The number of nitrogens with one attached hydrogen (secondary N) is 10. The van der Waals surface area contributed by atoms with Gasteiger partial charge in [-0.2, -0.15) is 0 Å². The summed E-state index contributed by atoms with van der Waals surface area (Å²) in [4.78, 5) is 219. The predicted octanol–water partition coefficient (Wildman–Crippen LogP) is -0.394. The fraction of sp³-hybridized carbons (Fsp3) is 0.506. The van der Waals surface area contributed by atoms with Crippen LogP contribution in [0.5, 0.6) is 0 Å². The summed E-state index contributed by atoms with van der Waals surface area (Å²) >= 11 is 0.939. The third-order valence-corrected chi connectivity index (χ3v) is 21.1. The number of amides is 14. The maximum Gasteiger partial charge on any atom is 0.303 e. The van der Waals surface area contributed by atoms with E-state index in [1.165, 1.54) is 58.5 Å². The van der Waals surface area contributed by atoms with Crippen LogP contribution >= 0.6 is 11.8 Å². The molecular formula is C79H106N14O18S. The lowest BCUT2D eigenvalue weighted by molar-refractivity contribution is -0.145. The first-order valence-electron chi connectivity index (χ1n) is 37.7. The van der Waals surface area contributed by atoms with Gasteiger partial charge in [0.15, 0.2) is 0 Å². The van der Waals surface area contributed by atoms with Crippen molar-refractivity contribution in [1.82, 2.24) is 72.8 Å². The average Bonchev–Trinajstić information content (AvgIpc) is 1.33. The van der Waals surface area contributed by atoms with Crippen molar-refractivity contribution >= 4 is 100 Å². The van der Waals surface area contributed by atoms with Crippen molar-refractivity contribution in [2.45, 2.75) is 204 Å². The highest BCUT2D eigenvalue weighted by Gasteiger charge is 2.44. The van der Waals surface area contributed by atoms with Crippen molar-refractivity contribution in [1.29, 1.82) is 0 Å². The average molecular weight is 1570 g/mol. The number of rotatable bonds is 15. The van der Waals surface area contributed by atoms with Crippen LogP contribution in [0.15, 0.2) is 115 Å². The summed E-state index contributed by atoms with van der Waals surface area (Å²) in [5.41, 5.74) is 3.37. The van der Waals surface area contributed by atoms with E-state index in [-0.39, 0.29) is 69.7 Å². The molecule has 0 bridgehead atoms. The normalized spacial score (nSPS) is 26.2. The zero-order valence-electron chi connectivity index (χ0n) is 64.8. The summed E-state index contributed by atoms with van der Waals surface area (Å²) in [5.74, 6) is -14.5. The van der Waals surface area contributed by atoms with Gasteiger partial charge in [0.05, 0.1) is 18.0 Å². The number of benzene rings is 4. The number of likely N-dealkylation sites (N-methyl/N-ethyl adjacent to an activating group) is 3. The molecule has 0 spiro atoms.